The van der Waals surface area contributed by atoms with Crippen LogP contribution in [0.1, 0.15) is 63.9 Å². The molecule has 0 radical (unpaired) electrons. The molecule has 1 aromatic heterocycles. The average molecular weight is 812 g/mol. The number of nitrogens with zero attached hydrogens (tertiary/aromatic N) is 4. The Hall–Kier alpha value is -5.54. The van der Waals surface area contributed by atoms with Crippen LogP contribution in [0, 0.1) is 5.92 Å². The number of phenols is 1. The molecule has 4 aliphatic heterocycles. The maximum absolute atomic E-state index is 14.1. The molecule has 4 aromatic carbocycles. The minimum absolute atomic E-state index is 0.104. The lowest BCUT2D eigenvalue weighted by Crippen LogP contribution is -2.52. The molecule has 0 spiro atoms. The van der Waals surface area contributed by atoms with E-state index in [-0.39, 0.29) is 35.7 Å². The van der Waals surface area contributed by atoms with Crippen LogP contribution in [-0.2, 0) is 16.1 Å². The third-order valence-electron chi connectivity index (χ3n) is 12.6. The van der Waals surface area contributed by atoms with Gasteiger partial charge in [0.15, 0.2) is 5.78 Å². The molecule has 4 N–H and O–H groups in total. The number of hydrogen-bond acceptors (Lipinski definition) is 11. The zero-order chi connectivity index (χ0) is 40.8. The zero-order valence-corrected chi connectivity index (χ0v) is 33.5. The lowest BCUT2D eigenvalue weighted by atomic mass is 9.80. The van der Waals surface area contributed by atoms with Gasteiger partial charge in [0.05, 0.1) is 0 Å². The molecule has 4 aliphatic rings. The van der Waals surface area contributed by atoms with E-state index >= 15 is 0 Å². The van der Waals surface area contributed by atoms with Gasteiger partial charge in [-0.05, 0) is 115 Å². The van der Waals surface area contributed by atoms with Crippen molar-refractivity contribution in [2.24, 2.45) is 5.92 Å². The summed E-state index contributed by atoms with van der Waals surface area (Å²) in [6, 6.07) is 25.2. The molecule has 12 nitrogen and oxygen atoms in total. The number of aromatic hydroxyl groups is 1. The summed E-state index contributed by atoms with van der Waals surface area (Å²) >= 11 is 1.43. The largest absolute Gasteiger partial charge is 0.508 e. The Bertz CT molecular complexity index is 2420. The standard InChI is InChI=1S/C45H46BN5O7S/c52-35-10-12-37-39(26-35)59-43(30-1-5-32(6-2-30)46(57)58)41(37)42(54)29-3-7-33(8-4-29)50-23-21-48(22-24-50)18-15-28-16-19-49(20-17-28)34-9-11-36-31(25-34)27-51(45(36)56)38-13-14-40(53)47-44(38)55/h1-12,25-26,28,38,52,57-58H,13-24,27H2,(H,47,53,55). The highest BCUT2D eigenvalue weighted by molar-refractivity contribution is 7.22. The van der Waals surface area contributed by atoms with Crippen molar-refractivity contribution >= 4 is 68.9 Å². The van der Waals surface area contributed by atoms with Crippen molar-refractivity contribution in [2.75, 3.05) is 55.6 Å². The van der Waals surface area contributed by atoms with E-state index < -0.39 is 13.2 Å². The molecule has 0 saturated carbocycles. The van der Waals surface area contributed by atoms with Crippen molar-refractivity contribution in [3.63, 3.8) is 0 Å². The number of thiophene rings is 1. The fourth-order valence-electron chi connectivity index (χ4n) is 9.12. The second kappa shape index (κ2) is 16.3. The molecule has 3 fully saturated rings. The van der Waals surface area contributed by atoms with Crippen LogP contribution in [0.15, 0.2) is 84.9 Å². The van der Waals surface area contributed by atoms with Crippen LogP contribution in [-0.4, -0.2) is 107 Å². The quantitative estimate of drug-likeness (QED) is 0.0909. The first kappa shape index (κ1) is 39.0. The number of nitrogens with one attached hydrogen (secondary N) is 1. The number of rotatable bonds is 10. The van der Waals surface area contributed by atoms with Gasteiger partial charge < -0.3 is 29.9 Å². The van der Waals surface area contributed by atoms with E-state index in [9.17, 15) is 34.3 Å². The van der Waals surface area contributed by atoms with Crippen LogP contribution in [0.25, 0.3) is 20.5 Å². The number of benzene rings is 4. The number of carbonyl (C=O) groups is 4. The van der Waals surface area contributed by atoms with E-state index in [1.54, 1.807) is 47.4 Å². The highest BCUT2D eigenvalue weighted by Crippen LogP contribution is 2.41. The van der Waals surface area contributed by atoms with Crippen LogP contribution in [0.3, 0.4) is 0 Å². The Morgan fingerprint density at radius 1 is 0.797 bits per heavy atom. The van der Waals surface area contributed by atoms with Gasteiger partial charge in [-0.15, -0.1) is 11.3 Å². The van der Waals surface area contributed by atoms with Gasteiger partial charge in [-0.3, -0.25) is 29.4 Å². The highest BCUT2D eigenvalue weighted by atomic mass is 32.1. The Kier molecular flexibility index (Phi) is 10.7. The van der Waals surface area contributed by atoms with Gasteiger partial charge in [0.2, 0.25) is 11.8 Å². The number of fused-ring (bicyclic) bond motifs is 2. The van der Waals surface area contributed by atoms with E-state index in [0.29, 0.717) is 41.0 Å². The maximum atomic E-state index is 14.1. The zero-order valence-electron chi connectivity index (χ0n) is 32.7. The van der Waals surface area contributed by atoms with Crippen molar-refractivity contribution in [3.8, 4) is 16.2 Å². The fraction of sp³-hybridized carbons (Fsp3) is 0.333. The van der Waals surface area contributed by atoms with Gasteiger partial charge >= 0.3 is 7.12 Å². The smallest absolute Gasteiger partial charge is 0.488 e. The number of amides is 3. The first-order chi connectivity index (χ1) is 28.6. The van der Waals surface area contributed by atoms with Crippen molar-refractivity contribution in [1.29, 1.82) is 0 Å². The second-order valence-electron chi connectivity index (χ2n) is 16.1. The predicted octanol–water partition coefficient (Wildman–Crippen LogP) is 4.37. The summed E-state index contributed by atoms with van der Waals surface area (Å²) < 4.78 is 0.798. The molecule has 0 aliphatic carbocycles. The van der Waals surface area contributed by atoms with Gasteiger partial charge in [0, 0.05) is 95.3 Å². The first-order valence-electron chi connectivity index (χ1n) is 20.5. The average Bonchev–Trinajstić information content (AvgIpc) is 3.79. The molecular formula is C45H46BN5O7S. The van der Waals surface area contributed by atoms with Gasteiger partial charge in [-0.2, -0.15) is 0 Å². The number of ketones is 1. The lowest BCUT2D eigenvalue weighted by Gasteiger charge is -2.38. The summed E-state index contributed by atoms with van der Waals surface area (Å²) in [6.07, 6.45) is 4.01. The molecule has 5 heterocycles. The number of carbonyl (C=O) groups excluding carboxylic acids is 4. The van der Waals surface area contributed by atoms with Gasteiger partial charge in [0.25, 0.3) is 5.91 Å². The van der Waals surface area contributed by atoms with Gasteiger partial charge in [0.1, 0.15) is 11.8 Å². The van der Waals surface area contributed by atoms with Crippen LogP contribution in [0.4, 0.5) is 11.4 Å². The third kappa shape index (κ3) is 7.85. The van der Waals surface area contributed by atoms with E-state index in [1.165, 1.54) is 11.3 Å². The third-order valence-corrected chi connectivity index (χ3v) is 13.8. The molecule has 59 heavy (non-hydrogen) atoms. The summed E-state index contributed by atoms with van der Waals surface area (Å²) in [6.45, 7) is 7.18. The topological polar surface area (TPSA) is 154 Å². The molecule has 14 heteroatoms. The Morgan fingerprint density at radius 3 is 2.22 bits per heavy atom. The number of piperidine rings is 2. The normalized spacial score (nSPS) is 19.1. The molecule has 302 valence electrons. The van der Waals surface area contributed by atoms with Crippen molar-refractivity contribution in [2.45, 2.75) is 44.7 Å². The van der Waals surface area contributed by atoms with E-state index in [2.05, 4.69) is 26.1 Å². The predicted molar refractivity (Wildman–Crippen MR) is 229 cm³/mol. The summed E-state index contributed by atoms with van der Waals surface area (Å²) in [7, 11) is -1.58. The van der Waals surface area contributed by atoms with Gasteiger partial charge in [-0.25, -0.2) is 0 Å². The van der Waals surface area contributed by atoms with Crippen LogP contribution >= 0.6 is 11.3 Å². The van der Waals surface area contributed by atoms with Crippen LogP contribution < -0.4 is 20.6 Å². The minimum atomic E-state index is -1.58. The molecule has 3 saturated heterocycles. The molecule has 9 rings (SSSR count). The second-order valence-corrected chi connectivity index (χ2v) is 17.2. The van der Waals surface area contributed by atoms with E-state index in [1.807, 2.05) is 36.4 Å². The SMILES string of the molecule is O=C1CCC(N2Cc3cc(N4CCC(CCN5CCN(c6ccc(C(=O)c7c(-c8ccc(B(O)O)cc8)sc8cc(O)ccc78)cc6)CC5)CC4)ccc3C2=O)C(=O)N1. The Labute approximate surface area is 346 Å². The maximum Gasteiger partial charge on any atom is 0.488 e. The lowest BCUT2D eigenvalue weighted by molar-refractivity contribution is -0.136. The molecule has 1 unspecified atom stereocenters. The van der Waals surface area contributed by atoms with Crippen LogP contribution in [0.2, 0.25) is 0 Å². The number of piperazine rings is 1. The number of imide groups is 1. The van der Waals surface area contributed by atoms with Crippen molar-refractivity contribution < 1.29 is 34.3 Å². The number of hydrogen-bond donors (Lipinski definition) is 4. The number of phenolic OH excluding ortho intramolecular Hbond substituents is 1. The van der Waals surface area contributed by atoms with Crippen molar-refractivity contribution in [3.05, 3.63) is 107 Å². The molecule has 0 bridgehead atoms. The van der Waals surface area contributed by atoms with Gasteiger partial charge in [-0.1, -0.05) is 24.3 Å². The highest BCUT2D eigenvalue weighted by Gasteiger charge is 2.39. The summed E-state index contributed by atoms with van der Waals surface area (Å²) in [4.78, 5) is 61.1. The Morgan fingerprint density at radius 2 is 1.51 bits per heavy atom. The molecule has 1 atom stereocenters. The Balaban J connectivity index is 0.763. The first-order valence-corrected chi connectivity index (χ1v) is 21.3. The molecular weight excluding hydrogens is 765 g/mol. The number of anilines is 2. The van der Waals surface area contributed by atoms with Crippen LogP contribution in [0.5, 0.6) is 5.75 Å². The fourth-order valence-corrected chi connectivity index (χ4v) is 10.4. The summed E-state index contributed by atoms with van der Waals surface area (Å²) in [5.41, 5.74) is 6.10. The minimum Gasteiger partial charge on any atom is -0.508 e. The van der Waals surface area contributed by atoms with Crippen molar-refractivity contribution in [1.82, 2.24) is 15.1 Å². The monoisotopic (exact) mass is 811 g/mol. The summed E-state index contributed by atoms with van der Waals surface area (Å²) in [5.74, 6) is -0.122. The molecule has 3 amide bonds. The summed E-state index contributed by atoms with van der Waals surface area (Å²) in [5, 5.41) is 32.5. The van der Waals surface area contributed by atoms with E-state index in [4.69, 9.17) is 0 Å². The molecule has 5 aromatic rings. The van der Waals surface area contributed by atoms with E-state index in [0.717, 1.165) is 103 Å².